The number of aliphatic imine (C=N–C) groups is 1. The summed E-state index contributed by atoms with van der Waals surface area (Å²) >= 11 is 0. The first-order chi connectivity index (χ1) is 12.2. The summed E-state index contributed by atoms with van der Waals surface area (Å²) in [5, 5.41) is 6.89. The molecule has 0 bridgehead atoms. The van der Waals surface area contributed by atoms with Crippen LogP contribution in [0.25, 0.3) is 0 Å². The van der Waals surface area contributed by atoms with Crippen LogP contribution in [0.4, 0.5) is 4.39 Å². The van der Waals surface area contributed by atoms with Gasteiger partial charge in [-0.15, -0.1) is 24.0 Å². The van der Waals surface area contributed by atoms with Crippen molar-refractivity contribution in [3.05, 3.63) is 35.6 Å². The Balaban J connectivity index is 0.00000243. The van der Waals surface area contributed by atoms with Crippen LogP contribution in [0.2, 0.25) is 0 Å². The number of hydrogen-bond donors (Lipinski definition) is 2. The van der Waals surface area contributed by atoms with Gasteiger partial charge in [0.2, 0.25) is 0 Å². The van der Waals surface area contributed by atoms with Crippen LogP contribution in [0.5, 0.6) is 0 Å². The maximum absolute atomic E-state index is 14.1. The van der Waals surface area contributed by atoms with E-state index < -0.39 is 0 Å². The zero-order valence-electron chi connectivity index (χ0n) is 15.9. The first-order valence-electron chi connectivity index (χ1n) is 9.59. The van der Waals surface area contributed by atoms with Crippen molar-refractivity contribution >= 4 is 29.9 Å². The van der Waals surface area contributed by atoms with Crippen LogP contribution in [-0.2, 0) is 5.41 Å². The largest absolute Gasteiger partial charge is 0.356 e. The summed E-state index contributed by atoms with van der Waals surface area (Å²) in [4.78, 5) is 6.86. The number of hydrogen-bond acceptors (Lipinski definition) is 2. The van der Waals surface area contributed by atoms with Crippen molar-refractivity contribution in [3.63, 3.8) is 0 Å². The fourth-order valence-electron chi connectivity index (χ4n) is 3.90. The van der Waals surface area contributed by atoms with Crippen molar-refractivity contribution in [2.24, 2.45) is 10.9 Å². The average molecular weight is 474 g/mol. The number of rotatable bonds is 6. The van der Waals surface area contributed by atoms with Crippen LogP contribution >= 0.6 is 24.0 Å². The molecule has 1 aromatic carbocycles. The third-order valence-corrected chi connectivity index (χ3v) is 5.73. The van der Waals surface area contributed by atoms with Gasteiger partial charge < -0.3 is 15.5 Å². The lowest BCUT2D eigenvalue weighted by Crippen LogP contribution is -2.46. The van der Waals surface area contributed by atoms with Crippen LogP contribution in [0, 0.1) is 11.7 Å². The highest BCUT2D eigenvalue weighted by molar-refractivity contribution is 14.0. The molecule has 1 aliphatic heterocycles. The van der Waals surface area contributed by atoms with Gasteiger partial charge in [0.15, 0.2) is 5.96 Å². The molecule has 0 radical (unpaired) electrons. The molecule has 6 heteroatoms. The van der Waals surface area contributed by atoms with E-state index in [0.29, 0.717) is 5.92 Å². The summed E-state index contributed by atoms with van der Waals surface area (Å²) in [5.74, 6) is 1.41. The van der Waals surface area contributed by atoms with Crippen LogP contribution in [0.3, 0.4) is 0 Å². The van der Waals surface area contributed by atoms with Gasteiger partial charge in [0.1, 0.15) is 5.82 Å². The lowest BCUT2D eigenvalue weighted by Gasteiger charge is -2.32. The van der Waals surface area contributed by atoms with Crippen LogP contribution in [0.15, 0.2) is 29.3 Å². The molecule has 1 saturated carbocycles. The SMILES string of the molecule is CCN1CCCC(CNC(=NC)NCC2(c3ccccc3F)CC2)C1.I. The van der Waals surface area contributed by atoms with E-state index in [1.807, 2.05) is 12.1 Å². The third-order valence-electron chi connectivity index (χ3n) is 5.73. The van der Waals surface area contributed by atoms with Gasteiger partial charge >= 0.3 is 0 Å². The maximum atomic E-state index is 14.1. The van der Waals surface area contributed by atoms with E-state index in [9.17, 15) is 4.39 Å². The summed E-state index contributed by atoms with van der Waals surface area (Å²) in [6.45, 7) is 7.44. The van der Waals surface area contributed by atoms with Crippen molar-refractivity contribution in [1.29, 1.82) is 0 Å². The fraction of sp³-hybridized carbons (Fsp3) is 0.650. The predicted molar refractivity (Wildman–Crippen MR) is 117 cm³/mol. The van der Waals surface area contributed by atoms with Gasteiger partial charge in [0.25, 0.3) is 0 Å². The Morgan fingerprint density at radius 2 is 2.08 bits per heavy atom. The second-order valence-corrected chi connectivity index (χ2v) is 7.47. The molecule has 3 rings (SSSR count). The van der Waals surface area contributed by atoms with E-state index in [4.69, 9.17) is 0 Å². The normalized spacial score (nSPS) is 22.4. The van der Waals surface area contributed by atoms with Crippen LogP contribution < -0.4 is 10.6 Å². The molecule has 1 atom stereocenters. The highest BCUT2D eigenvalue weighted by atomic mass is 127. The Bertz CT molecular complexity index is 603. The molecule has 1 aliphatic carbocycles. The molecule has 1 heterocycles. The predicted octanol–water partition coefficient (Wildman–Crippen LogP) is 3.37. The Morgan fingerprint density at radius 1 is 1.31 bits per heavy atom. The molecule has 4 nitrogen and oxygen atoms in total. The highest BCUT2D eigenvalue weighted by Gasteiger charge is 2.45. The van der Waals surface area contributed by atoms with Crippen molar-refractivity contribution in [1.82, 2.24) is 15.5 Å². The Labute approximate surface area is 174 Å². The Morgan fingerprint density at radius 3 is 2.73 bits per heavy atom. The number of guanidine groups is 1. The molecule has 2 N–H and O–H groups in total. The van der Waals surface area contributed by atoms with Gasteiger partial charge in [-0.3, -0.25) is 4.99 Å². The molecule has 1 aromatic rings. The minimum absolute atomic E-state index is 0. The van der Waals surface area contributed by atoms with Gasteiger partial charge in [0.05, 0.1) is 0 Å². The highest BCUT2D eigenvalue weighted by Crippen LogP contribution is 2.48. The second kappa shape index (κ2) is 9.88. The van der Waals surface area contributed by atoms with Gasteiger partial charge in [-0.1, -0.05) is 25.1 Å². The molecular weight excluding hydrogens is 442 g/mol. The van der Waals surface area contributed by atoms with Gasteiger partial charge in [-0.2, -0.15) is 0 Å². The van der Waals surface area contributed by atoms with E-state index in [0.717, 1.165) is 44.0 Å². The van der Waals surface area contributed by atoms with Crippen molar-refractivity contribution in [3.8, 4) is 0 Å². The number of benzene rings is 1. The molecule has 146 valence electrons. The van der Waals surface area contributed by atoms with Gasteiger partial charge in [-0.25, -0.2) is 4.39 Å². The van der Waals surface area contributed by atoms with E-state index in [1.165, 1.54) is 25.9 Å². The van der Waals surface area contributed by atoms with E-state index in [1.54, 1.807) is 19.2 Å². The molecular formula is C20H32FIN4. The van der Waals surface area contributed by atoms with Gasteiger partial charge in [-0.05, 0) is 56.3 Å². The minimum atomic E-state index is -0.0911. The summed E-state index contributed by atoms with van der Waals surface area (Å²) in [5.41, 5.74) is 0.774. The van der Waals surface area contributed by atoms with E-state index in [2.05, 4.69) is 27.4 Å². The van der Waals surface area contributed by atoms with Gasteiger partial charge in [0, 0.05) is 32.1 Å². The smallest absolute Gasteiger partial charge is 0.191 e. The molecule has 0 amide bonds. The molecule has 0 spiro atoms. The molecule has 2 fully saturated rings. The van der Waals surface area contributed by atoms with E-state index >= 15 is 0 Å². The monoisotopic (exact) mass is 474 g/mol. The number of nitrogens with zero attached hydrogens (tertiary/aromatic N) is 2. The van der Waals surface area contributed by atoms with Crippen molar-refractivity contribution < 1.29 is 4.39 Å². The maximum Gasteiger partial charge on any atom is 0.191 e. The van der Waals surface area contributed by atoms with E-state index in [-0.39, 0.29) is 35.2 Å². The number of halogens is 2. The quantitative estimate of drug-likeness (QED) is 0.378. The zero-order chi connectivity index (χ0) is 17.7. The lowest BCUT2D eigenvalue weighted by atomic mass is 9.95. The summed E-state index contributed by atoms with van der Waals surface area (Å²) < 4.78 is 14.1. The molecule has 1 unspecified atom stereocenters. The standard InChI is InChI=1S/C20H31FN4.HI/c1-3-25-12-6-7-16(14-25)13-23-19(22-2)24-15-20(10-11-20)17-8-4-5-9-18(17)21;/h4-5,8-9,16H,3,6-7,10-15H2,1-2H3,(H2,22,23,24);1H. The topological polar surface area (TPSA) is 39.7 Å². The van der Waals surface area contributed by atoms with Crippen LogP contribution in [0.1, 0.15) is 38.2 Å². The molecule has 1 saturated heterocycles. The average Bonchev–Trinajstić information content (AvgIpc) is 3.43. The first-order valence-corrected chi connectivity index (χ1v) is 9.59. The number of nitrogens with one attached hydrogen (secondary N) is 2. The minimum Gasteiger partial charge on any atom is -0.356 e. The second-order valence-electron chi connectivity index (χ2n) is 7.47. The Kier molecular flexibility index (Phi) is 8.13. The fourth-order valence-corrected chi connectivity index (χ4v) is 3.90. The molecule has 26 heavy (non-hydrogen) atoms. The molecule has 2 aliphatic rings. The zero-order valence-corrected chi connectivity index (χ0v) is 18.3. The van der Waals surface area contributed by atoms with Crippen LogP contribution in [-0.4, -0.2) is 50.6 Å². The van der Waals surface area contributed by atoms with Crippen molar-refractivity contribution in [2.45, 2.75) is 38.0 Å². The van der Waals surface area contributed by atoms with Crippen molar-refractivity contribution in [2.75, 3.05) is 39.8 Å². The molecule has 0 aromatic heterocycles. The Hall–Kier alpha value is -0.890. The number of likely N-dealkylation sites (tertiary alicyclic amines) is 1. The first kappa shape index (κ1) is 21.4. The number of piperidine rings is 1. The lowest BCUT2D eigenvalue weighted by molar-refractivity contribution is 0.183. The summed E-state index contributed by atoms with van der Waals surface area (Å²) in [7, 11) is 1.80. The third kappa shape index (κ3) is 5.31. The summed E-state index contributed by atoms with van der Waals surface area (Å²) in [6.07, 6.45) is 4.63. The summed E-state index contributed by atoms with van der Waals surface area (Å²) in [6, 6.07) is 7.16.